The number of aromatic nitrogens is 3. The first kappa shape index (κ1) is 12.6. The molecule has 6 heteroatoms. The van der Waals surface area contributed by atoms with Crippen LogP contribution in [0.4, 0.5) is 0 Å². The van der Waals surface area contributed by atoms with Gasteiger partial charge in [0.25, 0.3) is 0 Å². The molecule has 5 nitrogen and oxygen atoms in total. The smallest absolute Gasteiger partial charge is 0.302 e. The van der Waals surface area contributed by atoms with Crippen LogP contribution in [0.1, 0.15) is 0 Å². The van der Waals surface area contributed by atoms with Crippen LogP contribution in [0.25, 0.3) is 17.1 Å². The molecule has 1 aromatic carbocycles. The van der Waals surface area contributed by atoms with Crippen LogP contribution in [0, 0.1) is 4.84 Å². The maximum absolute atomic E-state index is 5.20. The summed E-state index contributed by atoms with van der Waals surface area (Å²) in [5.74, 6) is 1.42. The quantitative estimate of drug-likeness (QED) is 0.691. The van der Waals surface area contributed by atoms with Gasteiger partial charge in [-0.2, -0.15) is 0 Å². The average molecular weight is 285 g/mol. The van der Waals surface area contributed by atoms with E-state index in [0.29, 0.717) is 10.7 Å². The van der Waals surface area contributed by atoms with Crippen molar-refractivity contribution in [3.63, 3.8) is 0 Å². The van der Waals surface area contributed by atoms with Gasteiger partial charge in [0.2, 0.25) is 0 Å². The van der Waals surface area contributed by atoms with Crippen molar-refractivity contribution in [2.45, 2.75) is 0 Å². The number of methoxy groups -OCH3 is 1. The fraction of sp³-hybridized carbons (Fsp3) is 0.0714. The third kappa shape index (κ3) is 2.21. The first-order valence-corrected chi connectivity index (χ1v) is 6.34. The minimum Gasteiger partial charge on any atom is -0.497 e. The molecule has 0 radical (unpaired) electrons. The van der Waals surface area contributed by atoms with E-state index in [-0.39, 0.29) is 0 Å². The van der Waals surface area contributed by atoms with Crippen LogP contribution in [0.15, 0.2) is 53.3 Å². The van der Waals surface area contributed by atoms with Gasteiger partial charge in [0, 0.05) is 18.0 Å². The van der Waals surface area contributed by atoms with Gasteiger partial charge in [-0.1, -0.05) is 5.16 Å². The van der Waals surface area contributed by atoms with Crippen LogP contribution in [-0.4, -0.2) is 21.8 Å². The second kappa shape index (κ2) is 5.26. The maximum atomic E-state index is 5.20. The molecule has 0 bridgehead atoms. The lowest BCUT2D eigenvalue weighted by Crippen LogP contribution is -1.97. The summed E-state index contributed by atoms with van der Waals surface area (Å²) >= 11 is 5.20. The largest absolute Gasteiger partial charge is 0.497 e. The molecular weight excluding hydrogens is 274 g/mol. The third-order valence-corrected chi connectivity index (χ3v) is 3.13. The Morgan fingerprint density at radius 2 is 1.80 bits per heavy atom. The molecule has 100 valence electrons. The number of nitrogens with zero attached hydrogens (tertiary/aromatic N) is 3. The van der Waals surface area contributed by atoms with E-state index in [1.807, 2.05) is 36.4 Å². The van der Waals surface area contributed by atoms with Crippen LogP contribution < -0.4 is 4.74 Å². The van der Waals surface area contributed by atoms with Crippen molar-refractivity contribution >= 4 is 12.2 Å². The highest BCUT2D eigenvalue weighted by Gasteiger charge is 2.12. The molecule has 0 saturated heterocycles. The van der Waals surface area contributed by atoms with Crippen molar-refractivity contribution in [2.24, 2.45) is 0 Å². The standard InChI is InChI=1S/C14H11N3O2S/c1-18-12-4-2-11(3-5-12)17-13(16-19-14(17)20)10-6-8-15-9-7-10/h2-9H,1H3. The molecule has 0 fully saturated rings. The Kier molecular flexibility index (Phi) is 3.30. The predicted octanol–water partition coefficient (Wildman–Crippen LogP) is 3.27. The normalized spacial score (nSPS) is 10.4. The monoisotopic (exact) mass is 285 g/mol. The summed E-state index contributed by atoms with van der Waals surface area (Å²) in [6, 6.07) is 11.2. The Labute approximate surface area is 120 Å². The zero-order valence-electron chi connectivity index (χ0n) is 10.7. The van der Waals surface area contributed by atoms with Crippen molar-refractivity contribution < 1.29 is 9.26 Å². The molecule has 0 unspecified atom stereocenters. The molecule has 0 aliphatic heterocycles. The third-order valence-electron chi connectivity index (χ3n) is 2.87. The van der Waals surface area contributed by atoms with Crippen molar-refractivity contribution in [2.75, 3.05) is 7.11 Å². The molecule has 0 atom stereocenters. The summed E-state index contributed by atoms with van der Waals surface area (Å²) < 4.78 is 12.1. The Balaban J connectivity index is 2.14. The van der Waals surface area contributed by atoms with Crippen LogP contribution in [0.2, 0.25) is 0 Å². The van der Waals surface area contributed by atoms with E-state index >= 15 is 0 Å². The summed E-state index contributed by atoms with van der Waals surface area (Å²) in [5, 5.41) is 4.03. The van der Waals surface area contributed by atoms with Crippen LogP contribution in [0.3, 0.4) is 0 Å². The van der Waals surface area contributed by atoms with E-state index in [2.05, 4.69) is 10.1 Å². The van der Waals surface area contributed by atoms with Gasteiger partial charge < -0.3 is 9.26 Å². The second-order valence-corrected chi connectivity index (χ2v) is 4.39. The highest BCUT2D eigenvalue weighted by atomic mass is 32.1. The highest BCUT2D eigenvalue weighted by molar-refractivity contribution is 7.71. The Morgan fingerprint density at radius 3 is 2.45 bits per heavy atom. The first-order chi connectivity index (χ1) is 9.79. The number of hydrogen-bond acceptors (Lipinski definition) is 5. The lowest BCUT2D eigenvalue weighted by atomic mass is 10.2. The molecule has 2 aromatic heterocycles. The molecule has 0 aliphatic rings. The Morgan fingerprint density at radius 1 is 1.10 bits per heavy atom. The van der Waals surface area contributed by atoms with Gasteiger partial charge in [0.15, 0.2) is 5.82 Å². The van der Waals surface area contributed by atoms with E-state index in [1.54, 1.807) is 24.1 Å². The molecular formula is C14H11N3O2S. The number of ether oxygens (including phenoxy) is 1. The van der Waals surface area contributed by atoms with E-state index in [4.69, 9.17) is 21.5 Å². The first-order valence-electron chi connectivity index (χ1n) is 5.93. The fourth-order valence-corrected chi connectivity index (χ4v) is 2.12. The number of rotatable bonds is 3. The van der Waals surface area contributed by atoms with Gasteiger partial charge in [0.05, 0.1) is 12.8 Å². The lowest BCUT2D eigenvalue weighted by molar-refractivity contribution is 0.402. The zero-order valence-corrected chi connectivity index (χ0v) is 11.5. The van der Waals surface area contributed by atoms with E-state index in [9.17, 15) is 0 Å². The summed E-state index contributed by atoms with van der Waals surface area (Å²) in [4.78, 5) is 4.29. The van der Waals surface area contributed by atoms with Crippen molar-refractivity contribution in [3.05, 3.63) is 53.6 Å². The number of hydrogen-bond donors (Lipinski definition) is 0. The predicted molar refractivity (Wildman–Crippen MR) is 76.4 cm³/mol. The van der Waals surface area contributed by atoms with Crippen molar-refractivity contribution in [1.82, 2.24) is 14.7 Å². The van der Waals surface area contributed by atoms with Gasteiger partial charge in [-0.25, -0.2) is 4.57 Å². The Hall–Kier alpha value is -2.47. The van der Waals surface area contributed by atoms with E-state index in [0.717, 1.165) is 17.0 Å². The maximum Gasteiger partial charge on any atom is 0.302 e. The minimum absolute atomic E-state index is 0.293. The number of benzene rings is 1. The molecule has 0 amide bonds. The molecule has 3 aromatic rings. The molecule has 3 rings (SSSR count). The van der Waals surface area contributed by atoms with Crippen LogP contribution >= 0.6 is 12.2 Å². The highest BCUT2D eigenvalue weighted by Crippen LogP contribution is 2.23. The Bertz CT molecular complexity index is 763. The average Bonchev–Trinajstić information content (AvgIpc) is 2.90. The molecule has 0 aliphatic carbocycles. The SMILES string of the molecule is COc1ccc(-n2c(-c3ccncc3)noc2=S)cc1. The van der Waals surface area contributed by atoms with Gasteiger partial charge in [-0.15, -0.1) is 0 Å². The van der Waals surface area contributed by atoms with Gasteiger partial charge in [-0.3, -0.25) is 4.98 Å². The lowest BCUT2D eigenvalue weighted by Gasteiger charge is -2.06. The van der Waals surface area contributed by atoms with Crippen molar-refractivity contribution in [1.29, 1.82) is 0 Å². The molecule has 0 spiro atoms. The summed E-state index contributed by atoms with van der Waals surface area (Å²) in [6.07, 6.45) is 3.40. The molecule has 20 heavy (non-hydrogen) atoms. The van der Waals surface area contributed by atoms with Gasteiger partial charge >= 0.3 is 4.84 Å². The second-order valence-electron chi connectivity index (χ2n) is 4.04. The molecule has 2 heterocycles. The summed E-state index contributed by atoms with van der Waals surface area (Å²) in [7, 11) is 1.63. The van der Waals surface area contributed by atoms with Gasteiger partial charge in [-0.05, 0) is 48.6 Å². The van der Waals surface area contributed by atoms with E-state index < -0.39 is 0 Å². The summed E-state index contributed by atoms with van der Waals surface area (Å²) in [6.45, 7) is 0. The fourth-order valence-electron chi connectivity index (χ4n) is 1.89. The van der Waals surface area contributed by atoms with Crippen LogP contribution in [-0.2, 0) is 0 Å². The van der Waals surface area contributed by atoms with E-state index in [1.165, 1.54) is 0 Å². The zero-order chi connectivity index (χ0) is 13.9. The topological polar surface area (TPSA) is 53.1 Å². The van der Waals surface area contributed by atoms with Gasteiger partial charge in [0.1, 0.15) is 5.75 Å². The summed E-state index contributed by atoms with van der Waals surface area (Å²) in [5.41, 5.74) is 1.75. The minimum atomic E-state index is 0.293. The molecule has 0 N–H and O–H groups in total. The molecule has 0 saturated carbocycles. The van der Waals surface area contributed by atoms with Crippen LogP contribution in [0.5, 0.6) is 5.75 Å². The van der Waals surface area contributed by atoms with Crippen molar-refractivity contribution in [3.8, 4) is 22.8 Å². The number of pyridine rings is 1.